The molecule has 1 aromatic rings. The summed E-state index contributed by atoms with van der Waals surface area (Å²) in [5.74, 6) is -0.731. The van der Waals surface area contributed by atoms with Crippen LogP contribution < -0.4 is 9.84 Å². The van der Waals surface area contributed by atoms with Gasteiger partial charge < -0.3 is 19.1 Å². The molecule has 0 unspecified atom stereocenters. The number of carbonyl (C=O) groups excluding carboxylic acids is 1. The van der Waals surface area contributed by atoms with E-state index in [4.69, 9.17) is 16.3 Å². The second-order valence-electron chi connectivity index (χ2n) is 11.3. The molecule has 0 heterocycles. The van der Waals surface area contributed by atoms with Gasteiger partial charge in [-0.15, -0.1) is 0 Å². The summed E-state index contributed by atoms with van der Waals surface area (Å²) >= 11 is 5.73. The van der Waals surface area contributed by atoms with Crippen molar-refractivity contribution < 1.29 is 19.1 Å². The molecule has 1 rings (SSSR count). The van der Waals surface area contributed by atoms with Crippen LogP contribution in [0.25, 0.3) is 0 Å². The van der Waals surface area contributed by atoms with Gasteiger partial charge in [-0.1, -0.05) is 102 Å². The van der Waals surface area contributed by atoms with E-state index in [0.29, 0.717) is 10.8 Å². The normalized spacial score (nSPS) is 12.1. The first-order valence-corrected chi connectivity index (χ1v) is 15.5. The molecule has 0 aromatic heterocycles. The highest BCUT2D eigenvalue weighted by Gasteiger charge is 2.13. The van der Waals surface area contributed by atoms with Crippen molar-refractivity contribution in [1.82, 2.24) is 0 Å². The van der Waals surface area contributed by atoms with Crippen molar-refractivity contribution in [2.75, 3.05) is 27.2 Å². The van der Waals surface area contributed by atoms with Crippen LogP contribution in [0.5, 0.6) is 5.75 Å². The van der Waals surface area contributed by atoms with Gasteiger partial charge in [0, 0.05) is 5.02 Å². The van der Waals surface area contributed by atoms with E-state index in [-0.39, 0.29) is 0 Å². The zero-order valence-electron chi connectivity index (χ0n) is 25.1. The molecule has 37 heavy (non-hydrogen) atoms. The third-order valence-electron chi connectivity index (χ3n) is 7.01. The first kappa shape index (κ1) is 35.7. The summed E-state index contributed by atoms with van der Waals surface area (Å²) in [6, 6.07) is 4.99. The van der Waals surface area contributed by atoms with E-state index >= 15 is 0 Å². The van der Waals surface area contributed by atoms with Gasteiger partial charge in [-0.05, 0) is 63.3 Å². The van der Waals surface area contributed by atoms with Gasteiger partial charge in [0.15, 0.2) is 0 Å². The van der Waals surface area contributed by atoms with E-state index in [2.05, 4.69) is 27.9 Å². The van der Waals surface area contributed by atoms with Gasteiger partial charge in [-0.2, -0.15) is 0 Å². The Hall–Kier alpha value is -1.26. The zero-order valence-corrected chi connectivity index (χ0v) is 25.8. The Morgan fingerprint density at radius 3 is 1.59 bits per heavy atom. The fraction of sp³-hybridized carbons (Fsp3) is 0.781. The molecule has 0 radical (unpaired) electrons. The standard InChI is InChI=1S/C22H48N.C10H11ClO3/c1-5-7-9-11-13-15-17-19-21-23(3,4)22-20-18-16-14-12-10-8-6-2;1-6-5-8(11)3-4-9(6)14-7(2)10(12)13/h5-22H2,1-4H3;3-5,7H,1-2H3,(H,12,13)/q+1;/p-1/t;7-/m.1/s1. The monoisotopic (exact) mass is 539 g/mol. The number of carbonyl (C=O) groups is 1. The Balaban J connectivity index is 0.000000785. The molecule has 0 amide bonds. The highest BCUT2D eigenvalue weighted by Crippen LogP contribution is 2.22. The van der Waals surface area contributed by atoms with Gasteiger partial charge in [0.1, 0.15) is 11.9 Å². The molecule has 0 aliphatic rings. The Morgan fingerprint density at radius 1 is 0.811 bits per heavy atom. The third kappa shape index (κ3) is 21.4. The number of benzene rings is 1. The minimum Gasteiger partial charge on any atom is -0.546 e. The number of aryl methyl sites for hydroxylation is 1. The largest absolute Gasteiger partial charge is 0.546 e. The second kappa shape index (κ2) is 22.7. The molecule has 1 atom stereocenters. The SMILES string of the molecule is CCCCCCCCCC[N+](C)(C)CCCCCCCCCC.Cc1cc(Cl)ccc1O[C@H](C)C(=O)[O-]. The average molecular weight is 540 g/mol. The number of hydrogen-bond acceptors (Lipinski definition) is 3. The maximum atomic E-state index is 10.4. The fourth-order valence-corrected chi connectivity index (χ4v) is 4.67. The van der Waals surface area contributed by atoms with Gasteiger partial charge in [-0.3, -0.25) is 0 Å². The first-order valence-electron chi connectivity index (χ1n) is 15.1. The van der Waals surface area contributed by atoms with Crippen molar-refractivity contribution in [1.29, 1.82) is 0 Å². The maximum Gasteiger partial charge on any atom is 0.135 e. The van der Waals surface area contributed by atoms with Crippen molar-refractivity contribution in [2.24, 2.45) is 0 Å². The Labute approximate surface area is 234 Å². The van der Waals surface area contributed by atoms with E-state index < -0.39 is 12.1 Å². The van der Waals surface area contributed by atoms with E-state index in [1.54, 1.807) is 25.1 Å². The van der Waals surface area contributed by atoms with Gasteiger partial charge in [0.25, 0.3) is 0 Å². The van der Waals surface area contributed by atoms with E-state index in [0.717, 1.165) is 5.56 Å². The predicted octanol–water partition coefficient (Wildman–Crippen LogP) is 8.51. The van der Waals surface area contributed by atoms with Crippen molar-refractivity contribution in [2.45, 2.75) is 137 Å². The summed E-state index contributed by atoms with van der Waals surface area (Å²) in [5, 5.41) is 11.0. The number of unbranched alkanes of at least 4 members (excludes halogenated alkanes) is 14. The summed E-state index contributed by atoms with van der Waals surface area (Å²) in [7, 11) is 4.87. The summed E-state index contributed by atoms with van der Waals surface area (Å²) in [6.45, 7) is 10.6. The Kier molecular flexibility index (Phi) is 21.9. The van der Waals surface area contributed by atoms with Crippen LogP contribution in [0.3, 0.4) is 0 Å². The number of ether oxygens (including phenoxy) is 1. The van der Waals surface area contributed by atoms with Gasteiger partial charge >= 0.3 is 0 Å². The van der Waals surface area contributed by atoms with Crippen LogP contribution in [-0.4, -0.2) is 43.7 Å². The molecule has 0 bridgehead atoms. The fourth-order valence-electron chi connectivity index (χ4n) is 4.44. The second-order valence-corrected chi connectivity index (χ2v) is 11.8. The van der Waals surface area contributed by atoms with Crippen molar-refractivity contribution in [3.8, 4) is 5.75 Å². The number of nitrogens with zero attached hydrogens (tertiary/aromatic N) is 1. The number of carboxylic acids is 1. The summed E-state index contributed by atoms with van der Waals surface area (Å²) < 4.78 is 6.38. The molecule has 0 aliphatic carbocycles. The molecule has 0 aliphatic heterocycles. The molecule has 0 N–H and O–H groups in total. The van der Waals surface area contributed by atoms with Crippen LogP contribution in [0.1, 0.15) is 129 Å². The Morgan fingerprint density at radius 2 is 1.22 bits per heavy atom. The minimum atomic E-state index is -1.24. The highest BCUT2D eigenvalue weighted by atomic mass is 35.5. The van der Waals surface area contributed by atoms with Gasteiger partial charge in [-0.25, -0.2) is 0 Å². The number of carboxylic acid groups (broad SMARTS) is 1. The van der Waals surface area contributed by atoms with Crippen molar-refractivity contribution in [3.05, 3.63) is 28.8 Å². The minimum absolute atomic E-state index is 0.506. The highest BCUT2D eigenvalue weighted by molar-refractivity contribution is 6.30. The van der Waals surface area contributed by atoms with E-state index in [9.17, 15) is 9.90 Å². The maximum absolute atomic E-state index is 10.4. The number of rotatable bonds is 21. The molecule has 4 nitrogen and oxygen atoms in total. The number of halogens is 1. The first-order chi connectivity index (χ1) is 17.6. The molecule has 0 saturated heterocycles. The lowest BCUT2D eigenvalue weighted by molar-refractivity contribution is -0.890. The van der Waals surface area contributed by atoms with E-state index in [1.165, 1.54) is 127 Å². The van der Waals surface area contributed by atoms with Crippen LogP contribution in [0.4, 0.5) is 0 Å². The molecular formula is C32H58ClNO3. The topological polar surface area (TPSA) is 49.4 Å². The van der Waals surface area contributed by atoms with Crippen molar-refractivity contribution in [3.63, 3.8) is 0 Å². The van der Waals surface area contributed by atoms with Crippen LogP contribution in [-0.2, 0) is 4.79 Å². The molecule has 1 aromatic carbocycles. The molecule has 0 saturated carbocycles. The lowest BCUT2D eigenvalue weighted by Gasteiger charge is -2.30. The summed E-state index contributed by atoms with van der Waals surface area (Å²) in [5.41, 5.74) is 0.797. The molecule has 0 spiro atoms. The quantitative estimate of drug-likeness (QED) is 0.116. The third-order valence-corrected chi connectivity index (χ3v) is 7.24. The van der Waals surface area contributed by atoms with Gasteiger partial charge in [0.05, 0.1) is 33.2 Å². The molecule has 5 heteroatoms. The lowest BCUT2D eigenvalue weighted by Crippen LogP contribution is -2.41. The number of quaternary nitrogens is 1. The van der Waals surface area contributed by atoms with Crippen LogP contribution in [0, 0.1) is 6.92 Å². The number of hydrogen-bond donors (Lipinski definition) is 0. The molecule has 216 valence electrons. The zero-order chi connectivity index (χ0) is 27.9. The van der Waals surface area contributed by atoms with Gasteiger partial charge in [0.2, 0.25) is 0 Å². The van der Waals surface area contributed by atoms with E-state index in [1.807, 2.05) is 0 Å². The smallest absolute Gasteiger partial charge is 0.135 e. The summed E-state index contributed by atoms with van der Waals surface area (Å²) in [4.78, 5) is 10.4. The van der Waals surface area contributed by atoms with Crippen LogP contribution >= 0.6 is 11.6 Å². The van der Waals surface area contributed by atoms with Crippen LogP contribution in [0.2, 0.25) is 5.02 Å². The Bertz CT molecular complexity index is 671. The lowest BCUT2D eigenvalue weighted by atomic mass is 10.1. The van der Waals surface area contributed by atoms with Crippen molar-refractivity contribution >= 4 is 17.6 Å². The average Bonchev–Trinajstić information content (AvgIpc) is 2.84. The number of aliphatic carboxylic acids is 1. The molecule has 0 fully saturated rings. The summed E-state index contributed by atoms with van der Waals surface area (Å²) in [6.07, 6.45) is 22.1. The molecular weight excluding hydrogens is 482 g/mol. The predicted molar refractivity (Wildman–Crippen MR) is 158 cm³/mol. The van der Waals surface area contributed by atoms with Crippen LogP contribution in [0.15, 0.2) is 18.2 Å².